The Balaban J connectivity index is 1.75. The average molecular weight is 396 g/mol. The maximum absolute atomic E-state index is 12.3. The minimum atomic E-state index is -0.283. The lowest BCUT2D eigenvalue weighted by atomic mass is 10.2. The highest BCUT2D eigenvalue weighted by Gasteiger charge is 2.36. The quantitative estimate of drug-likeness (QED) is 0.663. The molecule has 0 saturated heterocycles. The molecule has 1 aliphatic rings. The van der Waals surface area contributed by atoms with E-state index in [-0.39, 0.29) is 17.0 Å². The second kappa shape index (κ2) is 6.01. The smallest absolute Gasteiger partial charge is 0.259 e. The fourth-order valence-electron chi connectivity index (χ4n) is 2.90. The first-order chi connectivity index (χ1) is 12.0. The minimum Gasteiger partial charge on any atom is -0.461 e. The molecule has 1 aromatic carbocycles. The average Bonchev–Trinajstić information content (AvgIpc) is 3.15. The van der Waals surface area contributed by atoms with E-state index in [4.69, 9.17) is 4.42 Å². The third-order valence-electron chi connectivity index (χ3n) is 4.45. The predicted molar refractivity (Wildman–Crippen MR) is 98.8 cm³/mol. The molecule has 1 aliphatic carbocycles. The van der Waals surface area contributed by atoms with Gasteiger partial charge in [-0.1, -0.05) is 22.9 Å². The Bertz CT molecular complexity index is 1100. The third kappa shape index (κ3) is 3.03. The highest BCUT2D eigenvalue weighted by atomic mass is 79.9. The van der Waals surface area contributed by atoms with Crippen LogP contribution in [0.3, 0.4) is 0 Å². The summed E-state index contributed by atoms with van der Waals surface area (Å²) in [4.78, 5) is 19.4. The summed E-state index contributed by atoms with van der Waals surface area (Å²) in [5.41, 5.74) is 0.510. The zero-order valence-corrected chi connectivity index (χ0v) is 15.0. The number of nitrogens with zero attached hydrogens (tertiary/aromatic N) is 2. The molecule has 0 bridgehead atoms. The molecule has 2 unspecified atom stereocenters. The number of hydrogen-bond acceptors (Lipinski definition) is 4. The van der Waals surface area contributed by atoms with Crippen LogP contribution in [0.5, 0.6) is 0 Å². The van der Waals surface area contributed by atoms with Crippen molar-refractivity contribution in [1.29, 1.82) is 5.26 Å². The molecule has 124 valence electrons. The molecular formula is C19H14BrN3O2. The van der Waals surface area contributed by atoms with Gasteiger partial charge in [0.05, 0.1) is 16.5 Å². The zero-order chi connectivity index (χ0) is 17.6. The Labute approximate surface area is 152 Å². The zero-order valence-electron chi connectivity index (χ0n) is 13.4. The van der Waals surface area contributed by atoms with E-state index < -0.39 is 0 Å². The van der Waals surface area contributed by atoms with Crippen LogP contribution < -0.4 is 5.56 Å². The van der Waals surface area contributed by atoms with Crippen LogP contribution in [-0.2, 0) is 0 Å². The first kappa shape index (κ1) is 15.9. The number of rotatable bonds is 3. The summed E-state index contributed by atoms with van der Waals surface area (Å²) in [7, 11) is 0. The maximum atomic E-state index is 12.3. The van der Waals surface area contributed by atoms with Crippen LogP contribution in [0.1, 0.15) is 36.6 Å². The number of aromatic amines is 1. The summed E-state index contributed by atoms with van der Waals surface area (Å²) in [5, 5.41) is 9.96. The first-order valence-corrected chi connectivity index (χ1v) is 8.76. The van der Waals surface area contributed by atoms with E-state index >= 15 is 0 Å². The number of furan rings is 1. The summed E-state index contributed by atoms with van der Waals surface area (Å²) in [6.07, 6.45) is 2.75. The molecule has 5 nitrogen and oxygen atoms in total. The Morgan fingerprint density at radius 3 is 2.96 bits per heavy atom. The first-order valence-electron chi connectivity index (χ1n) is 7.96. The number of fused-ring (bicyclic) bond motifs is 1. The molecule has 25 heavy (non-hydrogen) atoms. The van der Waals surface area contributed by atoms with Gasteiger partial charge in [0.25, 0.3) is 5.56 Å². The predicted octanol–water partition coefficient (Wildman–Crippen LogP) is 4.47. The molecule has 2 aromatic heterocycles. The highest BCUT2D eigenvalue weighted by molar-refractivity contribution is 9.10. The number of halogens is 1. The van der Waals surface area contributed by atoms with Gasteiger partial charge in [-0.25, -0.2) is 4.98 Å². The third-order valence-corrected chi connectivity index (χ3v) is 4.95. The molecule has 0 radical (unpaired) electrons. The van der Waals surface area contributed by atoms with Gasteiger partial charge in [-0.3, -0.25) is 4.79 Å². The van der Waals surface area contributed by atoms with Crippen LogP contribution in [0.25, 0.3) is 22.6 Å². The van der Waals surface area contributed by atoms with Crippen LogP contribution in [0.4, 0.5) is 0 Å². The standard InChI is InChI=1S/C19H14BrN3O2/c1-10-6-14(10)17-5-3-13(25-17)7-11(9-21)18-22-16-4-2-12(20)8-15(16)19(24)23-18/h2-5,7-8,10,14H,6H2,1H3,(H,22,23,24)/b11-7+. The van der Waals surface area contributed by atoms with Gasteiger partial charge in [0.1, 0.15) is 17.6 Å². The van der Waals surface area contributed by atoms with Crippen molar-refractivity contribution >= 4 is 38.5 Å². The van der Waals surface area contributed by atoms with Crippen molar-refractivity contribution in [3.8, 4) is 6.07 Å². The molecule has 0 amide bonds. The molecule has 2 heterocycles. The van der Waals surface area contributed by atoms with Gasteiger partial charge in [0.2, 0.25) is 0 Å². The van der Waals surface area contributed by atoms with Gasteiger partial charge in [-0.05, 0) is 42.7 Å². The number of H-pyrrole nitrogens is 1. The molecule has 4 rings (SSSR count). The molecule has 1 saturated carbocycles. The monoisotopic (exact) mass is 395 g/mol. The molecule has 1 fully saturated rings. The van der Waals surface area contributed by atoms with Gasteiger partial charge < -0.3 is 9.40 Å². The van der Waals surface area contributed by atoms with Gasteiger partial charge >= 0.3 is 0 Å². The van der Waals surface area contributed by atoms with E-state index in [9.17, 15) is 10.1 Å². The van der Waals surface area contributed by atoms with E-state index in [0.29, 0.717) is 28.5 Å². The lowest BCUT2D eigenvalue weighted by Gasteiger charge is -2.02. The summed E-state index contributed by atoms with van der Waals surface area (Å²) in [6, 6.07) is 11.1. The summed E-state index contributed by atoms with van der Waals surface area (Å²) in [6.45, 7) is 2.19. The number of nitrogens with one attached hydrogen (secondary N) is 1. The van der Waals surface area contributed by atoms with Crippen molar-refractivity contribution in [1.82, 2.24) is 9.97 Å². The van der Waals surface area contributed by atoms with E-state index in [1.165, 1.54) is 0 Å². The van der Waals surface area contributed by atoms with E-state index in [1.54, 1.807) is 18.2 Å². The normalized spacial score (nSPS) is 19.8. The lowest BCUT2D eigenvalue weighted by molar-refractivity contribution is 0.498. The maximum Gasteiger partial charge on any atom is 0.259 e. The summed E-state index contributed by atoms with van der Waals surface area (Å²) >= 11 is 3.34. The van der Waals surface area contributed by atoms with Crippen LogP contribution in [0, 0.1) is 17.2 Å². The van der Waals surface area contributed by atoms with Crippen molar-refractivity contribution in [3.63, 3.8) is 0 Å². The Morgan fingerprint density at radius 1 is 1.44 bits per heavy atom. The molecular weight excluding hydrogens is 382 g/mol. The van der Waals surface area contributed by atoms with Crippen molar-refractivity contribution in [3.05, 3.63) is 62.5 Å². The van der Waals surface area contributed by atoms with Gasteiger partial charge in [0.15, 0.2) is 5.82 Å². The van der Waals surface area contributed by atoms with Crippen molar-refractivity contribution in [2.45, 2.75) is 19.3 Å². The Kier molecular flexibility index (Phi) is 3.81. The van der Waals surface area contributed by atoms with Crippen LogP contribution in [0.15, 0.2) is 44.0 Å². The van der Waals surface area contributed by atoms with E-state index in [1.807, 2.05) is 18.2 Å². The molecule has 3 aromatic rings. The van der Waals surface area contributed by atoms with Crippen LogP contribution >= 0.6 is 15.9 Å². The summed E-state index contributed by atoms with van der Waals surface area (Å²) in [5.74, 6) is 2.89. The van der Waals surface area contributed by atoms with Gasteiger partial charge in [-0.2, -0.15) is 5.26 Å². The highest BCUT2D eigenvalue weighted by Crippen LogP contribution is 2.47. The fourth-order valence-corrected chi connectivity index (χ4v) is 3.26. The van der Waals surface area contributed by atoms with Crippen molar-refractivity contribution in [2.24, 2.45) is 5.92 Å². The second-order valence-corrected chi connectivity index (χ2v) is 7.22. The van der Waals surface area contributed by atoms with Crippen molar-refractivity contribution in [2.75, 3.05) is 0 Å². The number of benzene rings is 1. The van der Waals surface area contributed by atoms with E-state index in [0.717, 1.165) is 16.7 Å². The number of hydrogen-bond donors (Lipinski definition) is 1. The Morgan fingerprint density at radius 2 is 2.24 bits per heavy atom. The summed E-state index contributed by atoms with van der Waals surface area (Å²) < 4.78 is 6.61. The lowest BCUT2D eigenvalue weighted by Crippen LogP contribution is -2.11. The molecule has 6 heteroatoms. The van der Waals surface area contributed by atoms with Gasteiger partial charge in [0, 0.05) is 16.5 Å². The molecule has 0 spiro atoms. The van der Waals surface area contributed by atoms with Crippen LogP contribution in [0.2, 0.25) is 0 Å². The second-order valence-electron chi connectivity index (χ2n) is 6.31. The molecule has 1 N–H and O–H groups in total. The topological polar surface area (TPSA) is 82.7 Å². The number of aromatic nitrogens is 2. The largest absolute Gasteiger partial charge is 0.461 e. The molecule has 0 aliphatic heterocycles. The minimum absolute atomic E-state index is 0.236. The van der Waals surface area contributed by atoms with E-state index in [2.05, 4.69) is 38.9 Å². The van der Waals surface area contributed by atoms with Crippen molar-refractivity contribution < 1.29 is 4.42 Å². The fraction of sp³-hybridized carbons (Fsp3) is 0.211. The SMILES string of the molecule is CC1CC1c1ccc(/C=C(\C#N)c2nc3ccc(Br)cc3c(=O)[nH]2)o1. The number of nitriles is 1. The van der Waals surface area contributed by atoms with Gasteiger partial charge in [-0.15, -0.1) is 0 Å². The Hall–Kier alpha value is -2.65. The molecule has 2 atom stereocenters. The van der Waals surface area contributed by atoms with Crippen LogP contribution in [-0.4, -0.2) is 9.97 Å². The number of allylic oxidation sites excluding steroid dienone is 1.